The first-order valence-corrected chi connectivity index (χ1v) is 8.30. The van der Waals surface area contributed by atoms with E-state index in [1.54, 1.807) is 0 Å². The third kappa shape index (κ3) is 4.18. The van der Waals surface area contributed by atoms with Crippen molar-refractivity contribution in [2.24, 2.45) is 5.41 Å². The Balaban J connectivity index is 2.74. The van der Waals surface area contributed by atoms with Gasteiger partial charge in [0.1, 0.15) is 0 Å². The molecule has 0 aromatic heterocycles. The Kier molecular flexibility index (Phi) is 4.45. The van der Waals surface area contributed by atoms with Gasteiger partial charge in [-0.3, -0.25) is 0 Å². The van der Waals surface area contributed by atoms with Crippen LogP contribution in [0.1, 0.15) is 20.8 Å². The largest absolute Gasteiger partial charge is 0.378 e. The molecule has 0 saturated heterocycles. The molecule has 1 nitrogen and oxygen atoms in total. The second-order valence-corrected chi connectivity index (χ2v) is 8.69. The fraction of sp³-hybridized carbons (Fsp3) is 0.538. The number of anilines is 1. The van der Waals surface area contributed by atoms with Gasteiger partial charge in [0, 0.05) is 19.8 Å². The topological polar surface area (TPSA) is 3.24 Å². The number of hydrogen-bond donors (Lipinski definition) is 0. The van der Waals surface area contributed by atoms with Gasteiger partial charge < -0.3 is 4.90 Å². The highest BCUT2D eigenvalue weighted by molar-refractivity contribution is 7.14. The van der Waals surface area contributed by atoms with Crippen molar-refractivity contribution in [3.63, 3.8) is 0 Å². The number of halogens is 1. The lowest BCUT2D eigenvalue weighted by Gasteiger charge is -2.21. The second-order valence-electron chi connectivity index (χ2n) is 5.58. The van der Waals surface area contributed by atoms with Gasteiger partial charge >= 0.3 is 0 Å². The molecule has 0 atom stereocenters. The molecule has 0 unspecified atom stereocenters. The predicted octanol–water partition coefficient (Wildman–Crippen LogP) is 3.24. The van der Waals surface area contributed by atoms with Crippen molar-refractivity contribution in [2.75, 3.05) is 19.0 Å². The maximum Gasteiger partial charge on any atom is 0.200 e. The number of nitrogens with zero attached hydrogens (tertiary/aromatic N) is 1. The maximum absolute atomic E-state index is 6.51. The molecule has 0 aliphatic heterocycles. The summed E-state index contributed by atoms with van der Waals surface area (Å²) in [6.45, 7) is 6.73. The zero-order valence-corrected chi connectivity index (χ0v) is 12.6. The van der Waals surface area contributed by atoms with Crippen molar-refractivity contribution < 1.29 is 0 Å². The van der Waals surface area contributed by atoms with Crippen molar-refractivity contribution in [3.8, 4) is 0 Å². The minimum Gasteiger partial charge on any atom is -0.378 e. The van der Waals surface area contributed by atoms with Crippen LogP contribution in [0.2, 0.25) is 6.04 Å². The van der Waals surface area contributed by atoms with E-state index in [1.807, 2.05) is 0 Å². The molecule has 0 fully saturated rings. The van der Waals surface area contributed by atoms with Crippen LogP contribution in [0.4, 0.5) is 5.69 Å². The summed E-state index contributed by atoms with van der Waals surface area (Å²) in [5.41, 5.74) is 1.54. The SMILES string of the molecule is CN(C)c1ccc([Si](Cl)CC(C)(C)C)cc1. The standard InChI is InChI=1S/C13H21ClNSi/c1-13(2,3)10-16(14)12-8-6-11(7-9-12)15(4)5/h6-9H,10H2,1-5H3. The van der Waals surface area contributed by atoms with Crippen LogP contribution in [0.25, 0.3) is 0 Å². The summed E-state index contributed by atoms with van der Waals surface area (Å²) in [6.07, 6.45) is 0. The average Bonchev–Trinajstić information content (AvgIpc) is 2.15. The van der Waals surface area contributed by atoms with Crippen molar-refractivity contribution in [2.45, 2.75) is 26.8 Å². The Morgan fingerprint density at radius 1 is 1.12 bits per heavy atom. The van der Waals surface area contributed by atoms with Crippen LogP contribution in [0.15, 0.2) is 24.3 Å². The number of hydrogen-bond acceptors (Lipinski definition) is 1. The fourth-order valence-corrected chi connectivity index (χ4v) is 4.75. The summed E-state index contributed by atoms with van der Waals surface area (Å²) in [5, 5.41) is 1.31. The first-order chi connectivity index (χ1) is 7.29. The number of rotatable bonds is 3. The zero-order chi connectivity index (χ0) is 12.3. The van der Waals surface area contributed by atoms with Gasteiger partial charge in [0.25, 0.3) is 0 Å². The summed E-state index contributed by atoms with van der Waals surface area (Å²) in [4.78, 5) is 2.11. The van der Waals surface area contributed by atoms with Crippen LogP contribution in [0.5, 0.6) is 0 Å². The Bertz CT molecular complexity index is 327. The fourth-order valence-electron chi connectivity index (χ4n) is 1.51. The molecule has 0 saturated carbocycles. The first-order valence-electron chi connectivity index (χ1n) is 5.59. The zero-order valence-electron chi connectivity index (χ0n) is 10.8. The van der Waals surface area contributed by atoms with Crippen LogP contribution in [-0.2, 0) is 0 Å². The molecule has 16 heavy (non-hydrogen) atoms. The van der Waals surface area contributed by atoms with E-state index in [0.717, 1.165) is 6.04 Å². The molecule has 1 rings (SSSR count). The molecule has 1 aromatic rings. The van der Waals surface area contributed by atoms with E-state index in [9.17, 15) is 0 Å². The first kappa shape index (κ1) is 13.6. The predicted molar refractivity (Wildman–Crippen MR) is 76.3 cm³/mol. The minimum atomic E-state index is -0.913. The molecule has 0 heterocycles. The van der Waals surface area contributed by atoms with Crippen LogP contribution < -0.4 is 10.1 Å². The van der Waals surface area contributed by atoms with Gasteiger partial charge in [-0.1, -0.05) is 32.9 Å². The van der Waals surface area contributed by atoms with E-state index in [4.69, 9.17) is 11.1 Å². The monoisotopic (exact) mass is 254 g/mol. The quantitative estimate of drug-likeness (QED) is 0.591. The molecule has 0 spiro atoms. The molecule has 1 aromatic carbocycles. The Labute approximate surface area is 106 Å². The van der Waals surface area contributed by atoms with Gasteiger partial charge in [0.15, 0.2) is 8.11 Å². The van der Waals surface area contributed by atoms with Gasteiger partial charge in [-0.2, -0.15) is 11.1 Å². The van der Waals surface area contributed by atoms with Crippen LogP contribution >= 0.6 is 11.1 Å². The molecule has 1 radical (unpaired) electrons. The lowest BCUT2D eigenvalue weighted by molar-refractivity contribution is 0.467. The van der Waals surface area contributed by atoms with E-state index < -0.39 is 8.11 Å². The lowest BCUT2D eigenvalue weighted by atomic mass is 10.0. The van der Waals surface area contributed by atoms with E-state index >= 15 is 0 Å². The molecule has 0 amide bonds. The van der Waals surface area contributed by atoms with Gasteiger partial charge in [0.2, 0.25) is 0 Å². The summed E-state index contributed by atoms with van der Waals surface area (Å²) >= 11 is 6.51. The highest BCUT2D eigenvalue weighted by Crippen LogP contribution is 2.23. The highest BCUT2D eigenvalue weighted by atomic mass is 35.6. The minimum absolute atomic E-state index is 0.316. The van der Waals surface area contributed by atoms with Crippen molar-refractivity contribution >= 4 is 30.1 Å². The summed E-state index contributed by atoms with van der Waals surface area (Å²) < 4.78 is 0. The van der Waals surface area contributed by atoms with Gasteiger partial charge in [-0.05, 0) is 28.8 Å². The van der Waals surface area contributed by atoms with E-state index in [1.165, 1.54) is 10.9 Å². The molecule has 3 heteroatoms. The van der Waals surface area contributed by atoms with E-state index in [-0.39, 0.29) is 0 Å². The average molecular weight is 255 g/mol. The van der Waals surface area contributed by atoms with Crippen LogP contribution in [0, 0.1) is 5.41 Å². The highest BCUT2D eigenvalue weighted by Gasteiger charge is 2.20. The Morgan fingerprint density at radius 3 is 2.00 bits per heavy atom. The summed E-state index contributed by atoms with van der Waals surface area (Å²) in [7, 11) is 3.19. The maximum atomic E-state index is 6.51. The van der Waals surface area contributed by atoms with Crippen LogP contribution in [0.3, 0.4) is 0 Å². The lowest BCUT2D eigenvalue weighted by Crippen LogP contribution is -2.28. The van der Waals surface area contributed by atoms with Gasteiger partial charge in [-0.25, -0.2) is 0 Å². The second kappa shape index (κ2) is 5.24. The Morgan fingerprint density at radius 2 is 1.62 bits per heavy atom. The summed E-state index contributed by atoms with van der Waals surface area (Å²) in [5.74, 6) is 0. The molecule has 89 valence electrons. The van der Waals surface area contributed by atoms with E-state index in [2.05, 4.69) is 64.0 Å². The van der Waals surface area contributed by atoms with Crippen LogP contribution in [-0.4, -0.2) is 22.2 Å². The van der Waals surface area contributed by atoms with Crippen molar-refractivity contribution in [1.29, 1.82) is 0 Å². The third-order valence-corrected chi connectivity index (χ3v) is 5.77. The van der Waals surface area contributed by atoms with Crippen molar-refractivity contribution in [1.82, 2.24) is 0 Å². The third-order valence-electron chi connectivity index (χ3n) is 2.38. The Hall–Kier alpha value is -0.473. The number of benzene rings is 1. The van der Waals surface area contributed by atoms with E-state index in [0.29, 0.717) is 5.41 Å². The summed E-state index contributed by atoms with van der Waals surface area (Å²) in [6, 6.07) is 9.72. The van der Waals surface area contributed by atoms with Gasteiger partial charge in [0.05, 0.1) is 0 Å². The molecule has 0 aliphatic carbocycles. The van der Waals surface area contributed by atoms with Gasteiger partial charge in [-0.15, -0.1) is 0 Å². The molecular weight excluding hydrogens is 234 g/mol. The molecule has 0 bridgehead atoms. The van der Waals surface area contributed by atoms with Crippen molar-refractivity contribution in [3.05, 3.63) is 24.3 Å². The molecule has 0 aliphatic rings. The normalized spacial score (nSPS) is 11.9. The smallest absolute Gasteiger partial charge is 0.200 e. The molecular formula is C13H21ClNSi. The molecule has 0 N–H and O–H groups in total.